The maximum absolute atomic E-state index is 13.6. The lowest BCUT2D eigenvalue weighted by Gasteiger charge is -2.24. The highest BCUT2D eigenvalue weighted by atomic mass is 32.2. The third kappa shape index (κ3) is 4.53. The summed E-state index contributed by atoms with van der Waals surface area (Å²) in [5.41, 5.74) is 3.08. The van der Waals surface area contributed by atoms with Gasteiger partial charge in [-0.2, -0.15) is 17.9 Å². The van der Waals surface area contributed by atoms with E-state index in [0.717, 1.165) is 11.8 Å². The lowest BCUT2D eigenvalue weighted by atomic mass is 9.99. The highest BCUT2D eigenvalue weighted by Crippen LogP contribution is 2.38. The van der Waals surface area contributed by atoms with Crippen LogP contribution in [0.3, 0.4) is 0 Å². The number of anilines is 1. The summed E-state index contributed by atoms with van der Waals surface area (Å²) in [6, 6.07) is 22.5. The van der Waals surface area contributed by atoms with Crippen molar-refractivity contribution in [2.75, 3.05) is 11.0 Å². The Morgan fingerprint density at radius 3 is 2.28 bits per heavy atom. The Morgan fingerprint density at radius 2 is 1.59 bits per heavy atom. The molecule has 166 valence electrons. The molecule has 32 heavy (non-hydrogen) atoms. The predicted molar refractivity (Wildman–Crippen MR) is 125 cm³/mol. The molecule has 1 aliphatic heterocycles. The van der Waals surface area contributed by atoms with Crippen LogP contribution in [0.2, 0.25) is 0 Å². The second kappa shape index (κ2) is 8.40. The number of benzene rings is 3. The molecular formula is C23H23N3O4S2. The van der Waals surface area contributed by atoms with E-state index in [1.807, 2.05) is 30.3 Å². The third-order valence-electron chi connectivity index (χ3n) is 5.17. The van der Waals surface area contributed by atoms with Crippen LogP contribution in [-0.2, 0) is 20.0 Å². The average Bonchev–Trinajstić information content (AvgIpc) is 3.20. The van der Waals surface area contributed by atoms with Crippen LogP contribution in [-0.4, -0.2) is 33.2 Å². The van der Waals surface area contributed by atoms with E-state index in [2.05, 4.69) is 9.82 Å². The van der Waals surface area contributed by atoms with E-state index < -0.39 is 26.1 Å². The Morgan fingerprint density at radius 1 is 0.906 bits per heavy atom. The molecule has 9 heteroatoms. The maximum atomic E-state index is 13.6. The Balaban J connectivity index is 1.79. The Labute approximate surface area is 188 Å². The maximum Gasteiger partial charge on any atom is 0.279 e. The summed E-state index contributed by atoms with van der Waals surface area (Å²) >= 11 is 0. The lowest BCUT2D eigenvalue weighted by molar-refractivity contribution is 0.371. The zero-order valence-electron chi connectivity index (χ0n) is 17.6. The van der Waals surface area contributed by atoms with Gasteiger partial charge in [0.25, 0.3) is 10.0 Å². The molecule has 0 amide bonds. The molecule has 0 bridgehead atoms. The van der Waals surface area contributed by atoms with Crippen molar-refractivity contribution in [3.05, 3.63) is 95.6 Å². The highest BCUT2D eigenvalue weighted by Gasteiger charge is 2.38. The molecule has 3 aromatic carbocycles. The van der Waals surface area contributed by atoms with Gasteiger partial charge < -0.3 is 0 Å². The third-order valence-corrected chi connectivity index (χ3v) is 7.62. The molecule has 0 unspecified atom stereocenters. The first-order valence-electron chi connectivity index (χ1n) is 9.96. The first-order chi connectivity index (χ1) is 15.1. The van der Waals surface area contributed by atoms with E-state index >= 15 is 0 Å². The van der Waals surface area contributed by atoms with E-state index in [-0.39, 0.29) is 4.90 Å². The van der Waals surface area contributed by atoms with Gasteiger partial charge in [-0.1, -0.05) is 60.7 Å². The van der Waals surface area contributed by atoms with Gasteiger partial charge in [0.1, 0.15) is 0 Å². The number of aryl methyl sites for hydroxylation is 1. The summed E-state index contributed by atoms with van der Waals surface area (Å²) in [4.78, 5) is 0.207. The standard InChI is InChI=1S/C23H23N3O4S2/c1-17-9-6-7-14-23(17)32(29,30)26-22(18-10-4-3-5-11-18)16-21(24-26)19-12-8-13-20(15-19)25-31(2,27)28/h3-15,22,25H,16H2,1-2H3/t22-/m1/s1. The normalized spacial score (nSPS) is 16.6. The fourth-order valence-electron chi connectivity index (χ4n) is 3.73. The molecule has 4 rings (SSSR count). The zero-order valence-corrected chi connectivity index (χ0v) is 19.3. The van der Waals surface area contributed by atoms with Gasteiger partial charge >= 0.3 is 0 Å². The molecule has 7 nitrogen and oxygen atoms in total. The minimum absolute atomic E-state index is 0.207. The van der Waals surface area contributed by atoms with Crippen molar-refractivity contribution in [2.24, 2.45) is 5.10 Å². The van der Waals surface area contributed by atoms with Crippen LogP contribution in [0.1, 0.15) is 29.2 Å². The number of hydrogen-bond donors (Lipinski definition) is 1. The fraction of sp³-hybridized carbons (Fsp3) is 0.174. The molecule has 0 aliphatic carbocycles. The molecule has 1 atom stereocenters. The molecule has 0 aromatic heterocycles. The van der Waals surface area contributed by atoms with Crippen LogP contribution in [0.25, 0.3) is 0 Å². The van der Waals surface area contributed by atoms with Crippen LogP contribution >= 0.6 is 0 Å². The molecule has 0 radical (unpaired) electrons. The van der Waals surface area contributed by atoms with Gasteiger partial charge in [0.2, 0.25) is 10.0 Å². The molecule has 0 saturated heterocycles. The quantitative estimate of drug-likeness (QED) is 0.592. The van der Waals surface area contributed by atoms with E-state index in [0.29, 0.717) is 28.9 Å². The average molecular weight is 470 g/mol. The topological polar surface area (TPSA) is 95.9 Å². The molecule has 3 aromatic rings. The van der Waals surface area contributed by atoms with Crippen LogP contribution in [0.4, 0.5) is 5.69 Å². The summed E-state index contributed by atoms with van der Waals surface area (Å²) in [5.74, 6) is 0. The SMILES string of the molecule is Cc1ccccc1S(=O)(=O)N1N=C(c2cccc(NS(C)(=O)=O)c2)C[C@@H]1c1ccccc1. The molecule has 0 fully saturated rings. The van der Waals surface area contributed by atoms with Gasteiger partial charge in [-0.05, 0) is 41.8 Å². The number of hydrazone groups is 1. The molecule has 1 heterocycles. The van der Waals surface area contributed by atoms with Crippen LogP contribution in [0.5, 0.6) is 0 Å². The number of nitrogens with zero attached hydrogens (tertiary/aromatic N) is 2. The molecular weight excluding hydrogens is 446 g/mol. The minimum atomic E-state index is -3.91. The zero-order chi connectivity index (χ0) is 22.9. The van der Waals surface area contributed by atoms with Crippen molar-refractivity contribution in [2.45, 2.75) is 24.3 Å². The van der Waals surface area contributed by atoms with Crippen LogP contribution in [0, 0.1) is 6.92 Å². The number of hydrogen-bond acceptors (Lipinski definition) is 5. The van der Waals surface area contributed by atoms with Gasteiger partial charge in [0.05, 0.1) is 22.9 Å². The summed E-state index contributed by atoms with van der Waals surface area (Å²) < 4.78 is 54.0. The van der Waals surface area contributed by atoms with Gasteiger partial charge in [-0.25, -0.2) is 8.42 Å². The van der Waals surface area contributed by atoms with Gasteiger partial charge in [0, 0.05) is 12.1 Å². The lowest BCUT2D eigenvalue weighted by Crippen LogP contribution is -2.27. The van der Waals surface area contributed by atoms with Crippen molar-refractivity contribution in [1.29, 1.82) is 0 Å². The Bertz CT molecular complexity index is 1390. The van der Waals surface area contributed by atoms with Crippen molar-refractivity contribution >= 4 is 31.4 Å². The van der Waals surface area contributed by atoms with Gasteiger partial charge in [-0.3, -0.25) is 4.72 Å². The minimum Gasteiger partial charge on any atom is -0.284 e. The molecule has 0 saturated carbocycles. The van der Waals surface area contributed by atoms with Crippen molar-refractivity contribution in [3.63, 3.8) is 0 Å². The number of rotatable bonds is 6. The fourth-order valence-corrected chi connectivity index (χ4v) is 5.95. The van der Waals surface area contributed by atoms with E-state index in [4.69, 9.17) is 0 Å². The van der Waals surface area contributed by atoms with E-state index in [1.165, 1.54) is 4.41 Å². The predicted octanol–water partition coefficient (Wildman–Crippen LogP) is 3.91. The van der Waals surface area contributed by atoms with Crippen LogP contribution < -0.4 is 4.72 Å². The number of nitrogens with one attached hydrogen (secondary N) is 1. The monoisotopic (exact) mass is 469 g/mol. The van der Waals surface area contributed by atoms with Crippen molar-refractivity contribution in [1.82, 2.24) is 4.41 Å². The van der Waals surface area contributed by atoms with E-state index in [1.54, 1.807) is 55.5 Å². The van der Waals surface area contributed by atoms with Gasteiger partial charge in [-0.15, -0.1) is 0 Å². The van der Waals surface area contributed by atoms with Crippen molar-refractivity contribution < 1.29 is 16.8 Å². The molecule has 1 aliphatic rings. The summed E-state index contributed by atoms with van der Waals surface area (Å²) in [6.45, 7) is 1.76. The summed E-state index contributed by atoms with van der Waals surface area (Å²) in [7, 11) is -7.35. The van der Waals surface area contributed by atoms with Gasteiger partial charge in [0.15, 0.2) is 0 Å². The molecule has 0 spiro atoms. The first kappa shape index (κ1) is 22.0. The first-order valence-corrected chi connectivity index (χ1v) is 13.3. The van der Waals surface area contributed by atoms with Crippen molar-refractivity contribution in [3.8, 4) is 0 Å². The highest BCUT2D eigenvalue weighted by molar-refractivity contribution is 7.92. The summed E-state index contributed by atoms with van der Waals surface area (Å²) in [5, 5.41) is 4.53. The van der Waals surface area contributed by atoms with Crippen LogP contribution in [0.15, 0.2) is 88.9 Å². The largest absolute Gasteiger partial charge is 0.284 e. The Hall–Kier alpha value is -3.17. The Kier molecular flexibility index (Phi) is 5.79. The second-order valence-electron chi connectivity index (χ2n) is 7.68. The second-order valence-corrected chi connectivity index (χ2v) is 11.2. The summed E-state index contributed by atoms with van der Waals surface area (Å²) in [6.07, 6.45) is 1.44. The number of sulfonamides is 2. The molecule has 1 N–H and O–H groups in total. The smallest absolute Gasteiger partial charge is 0.279 e. The van der Waals surface area contributed by atoms with E-state index in [9.17, 15) is 16.8 Å².